The molecule has 0 aliphatic rings. The molecule has 0 amide bonds. The van der Waals surface area contributed by atoms with Gasteiger partial charge in [0.2, 0.25) is 0 Å². The molecule has 0 atom stereocenters. The van der Waals surface area contributed by atoms with Crippen LogP contribution in [0.5, 0.6) is 0 Å². The molecule has 0 radical (unpaired) electrons. The molecule has 0 aromatic rings. The Morgan fingerprint density at radius 3 is 1.00 bits per heavy atom. The van der Waals surface area contributed by atoms with E-state index < -0.39 is 58.9 Å². The minimum absolute atomic E-state index is 2.22. The van der Waals surface area contributed by atoms with Gasteiger partial charge >= 0.3 is 36.1 Å². The minimum Gasteiger partial charge on any atom is -0.749 e. The van der Waals surface area contributed by atoms with E-state index in [4.69, 9.17) is 0 Å². The maximum atomic E-state index is 12.1. The van der Waals surface area contributed by atoms with Crippen LogP contribution in [0.2, 0.25) is 0 Å². The average molecular weight is 454 g/mol. The van der Waals surface area contributed by atoms with E-state index in [1.54, 1.807) is 0 Å². The van der Waals surface area contributed by atoms with E-state index in [9.17, 15) is 71.0 Å². The molecule has 0 fully saturated rings. The number of halogens is 10. The summed E-state index contributed by atoms with van der Waals surface area (Å²) in [5.41, 5.74) is 0. The lowest BCUT2D eigenvalue weighted by Gasteiger charge is -2.20. The maximum absolute atomic E-state index is 12.1. The highest BCUT2D eigenvalue weighted by atomic mass is 32.3. The normalized spacial score (nSPS) is 15.4. The highest BCUT2D eigenvalue weighted by Crippen LogP contribution is 2.39. The van der Waals surface area contributed by atoms with Gasteiger partial charge in [0.15, 0.2) is 0 Å². The number of hydrogen-bond acceptors (Lipinski definition) is 8. The Kier molecular flexibility index (Phi) is 9.31. The van der Waals surface area contributed by atoms with Crippen LogP contribution in [0.25, 0.3) is 0 Å². The summed E-state index contributed by atoms with van der Waals surface area (Å²) in [6.45, 7) is 0. The minimum atomic E-state index is -6.63. The topological polar surface area (TPSA) is 133 Å². The van der Waals surface area contributed by atoms with E-state index in [2.05, 4.69) is 8.37 Å². The summed E-state index contributed by atoms with van der Waals surface area (Å²) in [5, 5.41) is 0. The SMILES string of the molecule is O=C(OC(=O)C(F)(F)C(F)(F)F)C(F)(F)C(F)(F)F.O=S([O-])OS(=O)[O-]. The van der Waals surface area contributed by atoms with Gasteiger partial charge in [-0.15, -0.1) is 0 Å². The Bertz CT molecular complexity index is 521. The van der Waals surface area contributed by atoms with Crippen molar-refractivity contribution in [3.8, 4) is 0 Å². The number of ether oxygens (including phenoxy) is 1. The smallest absolute Gasteiger partial charge is 0.465 e. The summed E-state index contributed by atoms with van der Waals surface area (Å²) in [5.74, 6) is -20.6. The van der Waals surface area contributed by atoms with Gasteiger partial charge in [0, 0.05) is 0 Å². The molecule has 0 aliphatic carbocycles. The number of rotatable bonds is 4. The van der Waals surface area contributed by atoms with Gasteiger partial charge < -0.3 is 13.8 Å². The first-order valence-corrected chi connectivity index (χ1v) is 6.71. The highest BCUT2D eigenvalue weighted by Gasteiger charge is 2.69. The molecule has 0 aliphatic heterocycles. The van der Waals surface area contributed by atoms with Gasteiger partial charge in [-0.25, -0.2) is 21.6 Å². The summed E-state index contributed by atoms with van der Waals surface area (Å²) in [7, 11) is 0. The van der Waals surface area contributed by atoms with Crippen LogP contribution in [-0.4, -0.2) is 53.7 Å². The maximum Gasteiger partial charge on any atom is 0.465 e. The predicted molar refractivity (Wildman–Crippen MR) is 52.0 cm³/mol. The van der Waals surface area contributed by atoms with E-state index in [1.165, 1.54) is 0 Å². The first kappa shape index (κ1) is 26.8. The largest absolute Gasteiger partial charge is 0.749 e. The molecule has 0 aromatic heterocycles. The second-order valence-corrected chi connectivity index (χ2v) is 4.66. The third-order valence-electron chi connectivity index (χ3n) is 1.52. The van der Waals surface area contributed by atoms with Crippen LogP contribution in [0.3, 0.4) is 0 Å². The van der Waals surface area contributed by atoms with Crippen molar-refractivity contribution in [3.05, 3.63) is 0 Å². The molecule has 0 saturated carbocycles. The molecule has 0 bridgehead atoms. The zero-order chi connectivity index (χ0) is 21.7. The van der Waals surface area contributed by atoms with Gasteiger partial charge in [-0.1, -0.05) is 0 Å². The van der Waals surface area contributed by atoms with E-state index >= 15 is 0 Å². The van der Waals surface area contributed by atoms with Crippen LogP contribution >= 0.6 is 0 Å². The van der Waals surface area contributed by atoms with Gasteiger partial charge in [0.05, 0.1) is 22.7 Å². The molecule has 156 valence electrons. The van der Waals surface area contributed by atoms with Crippen LogP contribution in [-0.2, 0) is 40.7 Å². The Hall–Kier alpha value is -1.38. The fourth-order valence-electron chi connectivity index (χ4n) is 0.489. The summed E-state index contributed by atoms with van der Waals surface area (Å²) < 4.78 is 159. The van der Waals surface area contributed by atoms with Crippen molar-refractivity contribution < 1.29 is 79.4 Å². The zero-order valence-corrected chi connectivity index (χ0v) is 12.5. The van der Waals surface area contributed by atoms with Gasteiger partial charge in [-0.05, 0) is 0 Å². The molecule has 20 heteroatoms. The first-order valence-electron chi connectivity index (χ1n) is 4.71. The molecule has 0 N–H and O–H groups in total. The van der Waals surface area contributed by atoms with Crippen molar-refractivity contribution in [1.29, 1.82) is 0 Å². The second-order valence-electron chi connectivity index (χ2n) is 3.30. The quantitative estimate of drug-likeness (QED) is 0.266. The van der Waals surface area contributed by atoms with Gasteiger partial charge in [-0.2, -0.15) is 43.9 Å². The van der Waals surface area contributed by atoms with Crippen molar-refractivity contribution >= 4 is 34.7 Å². The fraction of sp³-hybridized carbons (Fsp3) is 0.667. The predicted octanol–water partition coefficient (Wildman–Crippen LogP) is 1.04. The second kappa shape index (κ2) is 9.01. The number of hydrogen-bond donors (Lipinski definition) is 0. The van der Waals surface area contributed by atoms with Gasteiger partial charge in [0.25, 0.3) is 0 Å². The Morgan fingerprint density at radius 2 is 0.885 bits per heavy atom. The lowest BCUT2D eigenvalue weighted by Crippen LogP contribution is -2.51. The van der Waals surface area contributed by atoms with Gasteiger partial charge in [0.1, 0.15) is 0 Å². The number of carbonyl (C=O) groups excluding carboxylic acids is 2. The lowest BCUT2D eigenvalue weighted by atomic mass is 10.3. The molecule has 26 heavy (non-hydrogen) atoms. The van der Waals surface area contributed by atoms with E-state index in [0.29, 0.717) is 0 Å². The van der Waals surface area contributed by atoms with Crippen molar-refractivity contribution in [1.82, 2.24) is 0 Å². The van der Waals surface area contributed by atoms with Crippen molar-refractivity contribution in [2.24, 2.45) is 0 Å². The van der Waals surface area contributed by atoms with Crippen LogP contribution in [0.1, 0.15) is 0 Å². The third kappa shape index (κ3) is 7.88. The van der Waals surface area contributed by atoms with E-state index in [0.717, 1.165) is 0 Å². The monoisotopic (exact) mass is 454 g/mol. The van der Waals surface area contributed by atoms with Crippen LogP contribution < -0.4 is 0 Å². The Morgan fingerprint density at radius 1 is 0.654 bits per heavy atom. The molecule has 0 aromatic carbocycles. The molecule has 0 saturated heterocycles. The Labute approximate surface area is 139 Å². The number of carbonyl (C=O) groups is 2. The zero-order valence-electron chi connectivity index (χ0n) is 10.9. The van der Waals surface area contributed by atoms with E-state index in [-0.39, 0.29) is 0 Å². The molecule has 0 heterocycles. The fourth-order valence-corrected chi connectivity index (χ4v) is 0.852. The summed E-state index contributed by atoms with van der Waals surface area (Å²) in [6.07, 6.45) is -13.3. The molecular weight excluding hydrogens is 454 g/mol. The first-order chi connectivity index (χ1) is 11.2. The van der Waals surface area contributed by atoms with Crippen LogP contribution in [0, 0.1) is 0 Å². The van der Waals surface area contributed by atoms with Crippen molar-refractivity contribution in [2.75, 3.05) is 0 Å². The van der Waals surface area contributed by atoms with Crippen LogP contribution in [0.4, 0.5) is 43.9 Å². The standard InChI is InChI=1S/C6F10O3.H2O5S2/c7-3(8,5(11,12)13)1(17)19-2(18)4(9,10)6(14,15)16;1-6(2)5-7(3)4/h;(H,1,2)(H,3,4)/p-2. The number of esters is 2. The summed E-state index contributed by atoms with van der Waals surface area (Å²) >= 11 is -5.92. The van der Waals surface area contributed by atoms with Crippen LogP contribution in [0.15, 0.2) is 0 Å². The highest BCUT2D eigenvalue weighted by molar-refractivity contribution is 7.87. The van der Waals surface area contributed by atoms with Gasteiger partial charge in [-0.3, -0.25) is 0 Å². The molecule has 8 nitrogen and oxygen atoms in total. The molecule has 0 unspecified atom stereocenters. The third-order valence-corrected chi connectivity index (χ3v) is 2.41. The Balaban J connectivity index is 0. The summed E-state index contributed by atoms with van der Waals surface area (Å²) in [4.78, 5) is 20.2. The van der Waals surface area contributed by atoms with Crippen molar-refractivity contribution in [2.45, 2.75) is 24.2 Å². The van der Waals surface area contributed by atoms with Crippen molar-refractivity contribution in [3.63, 3.8) is 0 Å². The number of alkyl halides is 10. The average Bonchev–Trinajstić information content (AvgIpc) is 2.34. The molecule has 0 spiro atoms. The lowest BCUT2D eigenvalue weighted by molar-refractivity contribution is -0.292. The molecule has 0 rings (SSSR count). The summed E-state index contributed by atoms with van der Waals surface area (Å²) in [6, 6.07) is 0. The van der Waals surface area contributed by atoms with E-state index in [1.807, 2.05) is 0 Å². The molecular formula is C6F10O8S2-2.